The van der Waals surface area contributed by atoms with Gasteiger partial charge in [0.1, 0.15) is 12.2 Å². The molecule has 0 amide bonds. The van der Waals surface area contributed by atoms with E-state index in [4.69, 9.17) is 18.9 Å². The first-order chi connectivity index (χ1) is 20.8. The summed E-state index contributed by atoms with van der Waals surface area (Å²) in [5.41, 5.74) is 0.0978. The Bertz CT molecular complexity index is 1290. The molecule has 0 bridgehead atoms. The molecule has 4 aliphatic rings. The molecule has 3 saturated carbocycles. The van der Waals surface area contributed by atoms with Gasteiger partial charge in [0.2, 0.25) is 0 Å². The highest BCUT2D eigenvalue weighted by Crippen LogP contribution is 2.71. The summed E-state index contributed by atoms with van der Waals surface area (Å²) in [6.07, 6.45) is 2.84. The molecule has 12 atom stereocenters. The number of benzene rings is 1. The molecule has 4 fully saturated rings. The van der Waals surface area contributed by atoms with Crippen LogP contribution >= 0.6 is 0 Å². The molecule has 3 aliphatic carbocycles. The first kappa shape index (κ1) is 34.4. The van der Waals surface area contributed by atoms with Crippen molar-refractivity contribution < 1.29 is 33.6 Å². The van der Waals surface area contributed by atoms with E-state index in [1.54, 1.807) is 0 Å². The Morgan fingerprint density at radius 3 is 2.20 bits per heavy atom. The molecule has 1 aromatic rings. The van der Waals surface area contributed by atoms with Crippen LogP contribution in [0.15, 0.2) is 24.3 Å². The fraction of sp³-hybridized carbons (Fsp3) is 0.789. The van der Waals surface area contributed by atoms with Gasteiger partial charge < -0.3 is 24.1 Å². The molecule has 1 N–H and O–H groups in total. The zero-order valence-corrected chi connectivity index (χ0v) is 29.6. The van der Waals surface area contributed by atoms with Crippen molar-refractivity contribution in [1.82, 2.24) is 0 Å². The molecule has 7 heteroatoms. The molecule has 0 spiro atoms. The maximum Gasteiger partial charge on any atom is 0.303 e. The van der Waals surface area contributed by atoms with E-state index in [9.17, 15) is 14.7 Å². The van der Waals surface area contributed by atoms with Crippen molar-refractivity contribution in [1.29, 1.82) is 0 Å². The topological polar surface area (TPSA) is 91.3 Å². The first-order valence-electron chi connectivity index (χ1n) is 17.4. The van der Waals surface area contributed by atoms with Gasteiger partial charge in [-0.2, -0.15) is 0 Å². The largest absolute Gasteiger partial charge is 0.458 e. The molecule has 12 unspecified atom stereocenters. The molecule has 1 heterocycles. The number of hydrogen-bond donors (Lipinski definition) is 1. The van der Waals surface area contributed by atoms with Crippen molar-refractivity contribution >= 4 is 11.9 Å². The Morgan fingerprint density at radius 1 is 0.956 bits per heavy atom. The summed E-state index contributed by atoms with van der Waals surface area (Å²) < 4.78 is 25.9. The minimum atomic E-state index is -0.920. The molecule has 0 radical (unpaired) electrons. The number of carbonyl (C=O) groups is 2. The average molecular weight is 627 g/mol. The summed E-state index contributed by atoms with van der Waals surface area (Å²) in [5, 5.41) is 13.0. The second-order valence-corrected chi connectivity index (χ2v) is 16.3. The van der Waals surface area contributed by atoms with Crippen LogP contribution in [0.25, 0.3) is 0 Å². The Kier molecular flexibility index (Phi) is 8.88. The highest BCUT2D eigenvalue weighted by atomic mass is 16.7. The summed E-state index contributed by atoms with van der Waals surface area (Å²) in [6, 6.07) is 8.61. The fourth-order valence-corrected chi connectivity index (χ4v) is 11.2. The van der Waals surface area contributed by atoms with Gasteiger partial charge in [0.15, 0.2) is 5.79 Å². The number of aliphatic hydroxyl groups is 1. The summed E-state index contributed by atoms with van der Waals surface area (Å²) in [7, 11) is 0. The summed E-state index contributed by atoms with van der Waals surface area (Å²) >= 11 is 0. The third kappa shape index (κ3) is 5.37. The predicted molar refractivity (Wildman–Crippen MR) is 173 cm³/mol. The average Bonchev–Trinajstić information content (AvgIpc) is 2.94. The van der Waals surface area contributed by atoms with Gasteiger partial charge in [-0.3, -0.25) is 9.59 Å². The van der Waals surface area contributed by atoms with Crippen LogP contribution in [0.5, 0.6) is 0 Å². The lowest BCUT2D eigenvalue weighted by Crippen LogP contribution is -2.78. The molecular weight excluding hydrogens is 568 g/mol. The molecular formula is C38H58O7. The van der Waals surface area contributed by atoms with Gasteiger partial charge in [0.25, 0.3) is 0 Å². The quantitative estimate of drug-likeness (QED) is 0.330. The van der Waals surface area contributed by atoms with Gasteiger partial charge in [-0.15, -0.1) is 0 Å². The van der Waals surface area contributed by atoms with E-state index in [1.807, 2.05) is 20.8 Å². The van der Waals surface area contributed by atoms with E-state index in [-0.39, 0.29) is 35.9 Å². The van der Waals surface area contributed by atoms with Crippen LogP contribution in [0.2, 0.25) is 0 Å². The third-order valence-electron chi connectivity index (χ3n) is 13.1. The Balaban J connectivity index is 1.65. The smallest absolute Gasteiger partial charge is 0.303 e. The monoisotopic (exact) mass is 626 g/mol. The standard InChI is InChI=1S/C38H58O7/c1-12-27-15-13-14-16-28(27)22(2)21-38(41)23(3)17-19-35(9)29(38)18-20-36(10)31(35)30(42-25(5)39)32(43-26(6)40)37(11)24(4)44-34(7,8)45-33(36)37/h13-16,22-24,29-33,41H,12,17-21H2,1-11H3. The SMILES string of the molecule is CCc1ccccc1C(C)CC1(O)C(C)CCC2(C)C3C(OC(C)=O)C(OC(C)=O)C4(C)C(C)OC(C)(C)OC4C3(C)CCC21. The van der Waals surface area contributed by atoms with Crippen molar-refractivity contribution in [3.8, 4) is 0 Å². The first-order valence-corrected chi connectivity index (χ1v) is 17.4. The molecule has 1 aliphatic heterocycles. The highest BCUT2D eigenvalue weighted by Gasteiger charge is 2.76. The van der Waals surface area contributed by atoms with Crippen LogP contribution in [0.3, 0.4) is 0 Å². The zero-order valence-electron chi connectivity index (χ0n) is 29.6. The molecule has 1 aromatic carbocycles. The van der Waals surface area contributed by atoms with Crippen LogP contribution in [0.4, 0.5) is 0 Å². The van der Waals surface area contributed by atoms with Crippen LogP contribution in [0, 0.1) is 34.0 Å². The minimum absolute atomic E-state index is 0.0336. The Labute approximate surface area is 271 Å². The summed E-state index contributed by atoms with van der Waals surface area (Å²) in [4.78, 5) is 25.7. The van der Waals surface area contributed by atoms with Crippen LogP contribution in [0.1, 0.15) is 125 Å². The van der Waals surface area contributed by atoms with Crippen molar-refractivity contribution in [2.45, 2.75) is 156 Å². The maximum atomic E-state index is 13.0. The van der Waals surface area contributed by atoms with E-state index in [1.165, 1.54) is 25.0 Å². The lowest BCUT2D eigenvalue weighted by molar-refractivity contribution is -0.412. The second kappa shape index (κ2) is 11.6. The number of rotatable bonds is 6. The molecule has 5 rings (SSSR count). The molecule has 0 aromatic heterocycles. The third-order valence-corrected chi connectivity index (χ3v) is 13.1. The maximum absolute atomic E-state index is 13.0. The zero-order chi connectivity index (χ0) is 33.3. The number of carbonyl (C=O) groups excluding carboxylic acids is 2. The van der Waals surface area contributed by atoms with Gasteiger partial charge in [0.05, 0.1) is 23.2 Å². The Morgan fingerprint density at radius 2 is 1.58 bits per heavy atom. The molecule has 252 valence electrons. The Hall–Kier alpha value is -1.96. The molecule has 45 heavy (non-hydrogen) atoms. The summed E-state index contributed by atoms with van der Waals surface area (Å²) in [5.74, 6) is -1.62. The number of fused-ring (bicyclic) bond motifs is 5. The van der Waals surface area contributed by atoms with Crippen molar-refractivity contribution in [3.63, 3.8) is 0 Å². The lowest BCUT2D eigenvalue weighted by Gasteiger charge is -2.72. The molecule has 7 nitrogen and oxygen atoms in total. The van der Waals surface area contributed by atoms with Crippen LogP contribution in [-0.4, -0.2) is 52.8 Å². The van der Waals surface area contributed by atoms with E-state index in [0.717, 1.165) is 32.1 Å². The van der Waals surface area contributed by atoms with Gasteiger partial charge in [-0.05, 0) is 93.6 Å². The van der Waals surface area contributed by atoms with Gasteiger partial charge >= 0.3 is 11.9 Å². The van der Waals surface area contributed by atoms with E-state index in [2.05, 4.69) is 65.8 Å². The van der Waals surface area contributed by atoms with E-state index < -0.39 is 51.8 Å². The normalized spacial score (nSPS) is 44.5. The second-order valence-electron chi connectivity index (χ2n) is 16.3. The van der Waals surface area contributed by atoms with Crippen LogP contribution < -0.4 is 0 Å². The van der Waals surface area contributed by atoms with E-state index in [0.29, 0.717) is 6.42 Å². The van der Waals surface area contributed by atoms with Crippen LogP contribution in [-0.2, 0) is 35.0 Å². The van der Waals surface area contributed by atoms with Gasteiger partial charge in [-0.1, -0.05) is 65.8 Å². The minimum Gasteiger partial charge on any atom is -0.458 e. The van der Waals surface area contributed by atoms with Crippen molar-refractivity contribution in [2.24, 2.45) is 34.0 Å². The highest BCUT2D eigenvalue weighted by molar-refractivity contribution is 5.67. The number of ether oxygens (including phenoxy) is 4. The van der Waals surface area contributed by atoms with Crippen molar-refractivity contribution in [3.05, 3.63) is 35.4 Å². The van der Waals surface area contributed by atoms with Gasteiger partial charge in [0, 0.05) is 25.2 Å². The fourth-order valence-electron chi connectivity index (χ4n) is 11.2. The predicted octanol–water partition coefficient (Wildman–Crippen LogP) is 7.37. The number of hydrogen-bond acceptors (Lipinski definition) is 7. The number of esters is 2. The lowest BCUT2D eigenvalue weighted by atomic mass is 9.37. The number of aryl methyl sites for hydroxylation is 1. The van der Waals surface area contributed by atoms with E-state index >= 15 is 0 Å². The molecule has 1 saturated heterocycles. The van der Waals surface area contributed by atoms with Crippen molar-refractivity contribution in [2.75, 3.05) is 0 Å². The summed E-state index contributed by atoms with van der Waals surface area (Å²) in [6.45, 7) is 22.1. The van der Waals surface area contributed by atoms with Gasteiger partial charge in [-0.25, -0.2) is 0 Å².